The number of primary amides is 1. The highest BCUT2D eigenvalue weighted by Gasteiger charge is 2.58. The second-order valence-electron chi connectivity index (χ2n) is 12.4. The van der Waals surface area contributed by atoms with Gasteiger partial charge >= 0.3 is 6.18 Å². The molecule has 1 unspecified atom stereocenters. The fourth-order valence-corrected chi connectivity index (χ4v) is 6.86. The summed E-state index contributed by atoms with van der Waals surface area (Å²) in [4.78, 5) is 34.8. The van der Waals surface area contributed by atoms with Crippen LogP contribution in [0.2, 0.25) is 5.02 Å². The zero-order valence-corrected chi connectivity index (χ0v) is 27.4. The Morgan fingerprint density at radius 3 is 2.65 bits per heavy atom. The first-order valence-corrected chi connectivity index (χ1v) is 16.4. The van der Waals surface area contributed by atoms with Gasteiger partial charge in [0.05, 0.1) is 33.8 Å². The predicted molar refractivity (Wildman–Crippen MR) is 174 cm³/mol. The average molecular weight is 715 g/mol. The predicted octanol–water partition coefficient (Wildman–Crippen LogP) is 6.47. The van der Waals surface area contributed by atoms with Gasteiger partial charge in [-0.2, -0.15) is 13.2 Å². The number of pyridine rings is 2. The van der Waals surface area contributed by atoms with Crippen molar-refractivity contribution in [2.75, 3.05) is 13.2 Å². The van der Waals surface area contributed by atoms with Crippen LogP contribution in [-0.2, 0) is 15.8 Å². The number of alkyl halides is 3. The first kappa shape index (κ1) is 33.0. The zero-order chi connectivity index (χ0) is 35.0. The topological polar surface area (TPSA) is 137 Å². The van der Waals surface area contributed by atoms with Crippen LogP contribution in [0.4, 0.5) is 17.6 Å². The fraction of sp³-hybridized carbons (Fsp3) is 0.294. The Bertz CT molecular complexity index is 2210. The molecular formula is C34H27ClF4N4O5S. The Balaban J connectivity index is 1.32. The van der Waals surface area contributed by atoms with Gasteiger partial charge in [0.15, 0.2) is 0 Å². The molecule has 49 heavy (non-hydrogen) atoms. The number of carbonyl (C=O) groups excluding carboxylic acids is 2. The van der Waals surface area contributed by atoms with E-state index in [4.69, 9.17) is 26.8 Å². The third kappa shape index (κ3) is 5.51. The summed E-state index contributed by atoms with van der Waals surface area (Å²) in [5.41, 5.74) is 0.341. The highest BCUT2D eigenvalue weighted by Crippen LogP contribution is 2.49. The van der Waals surface area contributed by atoms with E-state index in [0.29, 0.717) is 27.0 Å². The lowest BCUT2D eigenvalue weighted by atomic mass is 9.81. The van der Waals surface area contributed by atoms with Gasteiger partial charge in [-0.1, -0.05) is 23.7 Å². The van der Waals surface area contributed by atoms with Crippen LogP contribution in [0.3, 0.4) is 0 Å². The molecule has 9 nitrogen and oxygen atoms in total. The second kappa shape index (κ2) is 11.5. The highest BCUT2D eigenvalue weighted by molar-refractivity contribution is 7.17. The van der Waals surface area contributed by atoms with Gasteiger partial charge in [0, 0.05) is 32.8 Å². The Morgan fingerprint density at radius 2 is 1.96 bits per heavy atom. The molecule has 2 aromatic carbocycles. The number of aliphatic hydroxyl groups is 1. The van der Waals surface area contributed by atoms with Crippen LogP contribution in [0.5, 0.6) is 11.5 Å². The van der Waals surface area contributed by atoms with Crippen molar-refractivity contribution in [2.45, 2.75) is 50.0 Å². The summed E-state index contributed by atoms with van der Waals surface area (Å²) in [5, 5.41) is 16.3. The number of halogens is 5. The molecule has 4 N–H and O–H groups in total. The maximum atomic E-state index is 15.0. The van der Waals surface area contributed by atoms with E-state index >= 15 is 0 Å². The van der Waals surface area contributed by atoms with Crippen LogP contribution < -0.4 is 20.5 Å². The maximum Gasteiger partial charge on any atom is 0.424 e. The first-order valence-electron chi connectivity index (χ1n) is 15.1. The molecule has 0 radical (unpaired) electrons. The van der Waals surface area contributed by atoms with Crippen LogP contribution >= 0.6 is 22.9 Å². The van der Waals surface area contributed by atoms with Gasteiger partial charge < -0.3 is 25.6 Å². The molecule has 0 spiro atoms. The molecule has 1 saturated carbocycles. The normalized spacial score (nSPS) is 18.6. The largest absolute Gasteiger partial charge is 0.489 e. The lowest BCUT2D eigenvalue weighted by molar-refractivity contribution is -0.265. The summed E-state index contributed by atoms with van der Waals surface area (Å²) in [7, 11) is 0. The number of rotatable bonds is 8. The molecule has 1 aliphatic heterocycles. The van der Waals surface area contributed by atoms with Crippen molar-refractivity contribution in [2.24, 2.45) is 5.73 Å². The number of carbonyl (C=O) groups is 2. The fourth-order valence-electron chi connectivity index (χ4n) is 5.74. The first-order chi connectivity index (χ1) is 23.1. The summed E-state index contributed by atoms with van der Waals surface area (Å²) in [6, 6.07) is 9.54. The van der Waals surface area contributed by atoms with E-state index < -0.39 is 47.1 Å². The van der Waals surface area contributed by atoms with Gasteiger partial charge in [-0.3, -0.25) is 9.59 Å². The highest BCUT2D eigenvalue weighted by atomic mass is 35.5. The molecule has 254 valence electrons. The zero-order valence-electron chi connectivity index (χ0n) is 25.9. The summed E-state index contributed by atoms with van der Waals surface area (Å²) < 4.78 is 71.5. The van der Waals surface area contributed by atoms with Crippen LogP contribution in [0.15, 0.2) is 47.8 Å². The van der Waals surface area contributed by atoms with Crippen molar-refractivity contribution in [3.05, 3.63) is 81.2 Å². The third-order valence-electron chi connectivity index (χ3n) is 8.91. The van der Waals surface area contributed by atoms with Crippen molar-refractivity contribution in [1.82, 2.24) is 15.3 Å². The Labute approximate surface area is 285 Å². The molecule has 1 fully saturated rings. The van der Waals surface area contributed by atoms with Gasteiger partial charge in [-0.25, -0.2) is 14.4 Å². The molecule has 2 aliphatic rings. The maximum absolute atomic E-state index is 15.0. The second-order valence-corrected chi connectivity index (χ2v) is 13.7. The third-order valence-corrected chi connectivity index (χ3v) is 10.3. The summed E-state index contributed by atoms with van der Waals surface area (Å²) >= 11 is 7.28. The lowest BCUT2D eigenvalue weighted by Crippen LogP contribution is -2.51. The molecule has 7 rings (SSSR count). The van der Waals surface area contributed by atoms with Crippen molar-refractivity contribution >= 4 is 55.7 Å². The molecule has 4 heterocycles. The molecule has 1 aliphatic carbocycles. The van der Waals surface area contributed by atoms with E-state index in [2.05, 4.69) is 15.3 Å². The molecule has 0 saturated heterocycles. The van der Waals surface area contributed by atoms with Crippen LogP contribution in [0.25, 0.3) is 32.2 Å². The van der Waals surface area contributed by atoms with Crippen molar-refractivity contribution < 1.29 is 41.7 Å². The molecule has 2 amide bonds. The number of fused-ring (bicyclic) bond motifs is 3. The van der Waals surface area contributed by atoms with Gasteiger partial charge in [-0.05, 0) is 57.0 Å². The van der Waals surface area contributed by atoms with E-state index in [-0.39, 0.29) is 51.3 Å². The van der Waals surface area contributed by atoms with Crippen LogP contribution in [-0.4, -0.2) is 52.3 Å². The smallest absolute Gasteiger partial charge is 0.424 e. The Morgan fingerprint density at radius 1 is 1.20 bits per heavy atom. The summed E-state index contributed by atoms with van der Waals surface area (Å²) in [6.45, 7) is 1.44. The van der Waals surface area contributed by atoms with Crippen molar-refractivity contribution in [3.8, 4) is 22.8 Å². The molecule has 2 atom stereocenters. The van der Waals surface area contributed by atoms with E-state index in [1.165, 1.54) is 36.6 Å². The number of aromatic nitrogens is 2. The van der Waals surface area contributed by atoms with Gasteiger partial charge in [0.25, 0.3) is 5.91 Å². The van der Waals surface area contributed by atoms with E-state index in [0.717, 1.165) is 30.2 Å². The Kier molecular flexibility index (Phi) is 7.76. The number of amides is 2. The van der Waals surface area contributed by atoms with Crippen molar-refractivity contribution in [3.63, 3.8) is 0 Å². The standard InChI is InChI=1S/C34H27ClF4N4O5S/c1-15-22(35)9-16-8-17(10-24(26(16)42-15)48-18-6-7-18)30(44)41-13-33(46,34(37,38)39)25-11-21-28(47-14-32(21,2)31(40)45)27(43-25)20-12-49-29-19(20)4-3-5-23(29)36/h3-5,8-12,18,46H,6-7,13-14H2,1-2H3,(H2,40,45)(H,41,44)/t32-,33?/m0/s1. The van der Waals surface area contributed by atoms with E-state index in [9.17, 15) is 32.3 Å². The van der Waals surface area contributed by atoms with Crippen molar-refractivity contribution in [1.29, 1.82) is 0 Å². The monoisotopic (exact) mass is 714 g/mol. The number of ether oxygens (including phenoxy) is 2. The summed E-state index contributed by atoms with van der Waals surface area (Å²) in [6.07, 6.45) is -3.87. The number of benzene rings is 2. The lowest BCUT2D eigenvalue weighted by Gasteiger charge is -2.31. The van der Waals surface area contributed by atoms with Crippen LogP contribution in [0, 0.1) is 12.7 Å². The number of hydrogen-bond donors (Lipinski definition) is 3. The minimum Gasteiger partial charge on any atom is -0.489 e. The number of nitrogens with one attached hydrogen (secondary N) is 1. The van der Waals surface area contributed by atoms with E-state index in [1.54, 1.807) is 19.1 Å². The quantitative estimate of drug-likeness (QED) is 0.157. The molecule has 3 aromatic heterocycles. The number of aryl methyl sites for hydroxylation is 1. The molecule has 15 heteroatoms. The minimum absolute atomic E-state index is 0.0237. The van der Waals surface area contributed by atoms with Crippen LogP contribution in [0.1, 0.15) is 47.1 Å². The Hall–Kier alpha value is -4.53. The molecule has 0 bridgehead atoms. The number of hydrogen-bond acceptors (Lipinski definition) is 8. The summed E-state index contributed by atoms with van der Waals surface area (Å²) in [5.74, 6) is -2.14. The van der Waals surface area contributed by atoms with Gasteiger partial charge in [0.2, 0.25) is 11.5 Å². The van der Waals surface area contributed by atoms with Gasteiger partial charge in [-0.15, -0.1) is 11.3 Å². The number of nitrogens with zero attached hydrogens (tertiary/aromatic N) is 2. The number of nitrogens with two attached hydrogens (primary N) is 1. The molecule has 5 aromatic rings. The van der Waals surface area contributed by atoms with E-state index in [1.807, 2.05) is 0 Å². The molecular weight excluding hydrogens is 688 g/mol. The average Bonchev–Trinajstić information content (AvgIpc) is 3.64. The van der Waals surface area contributed by atoms with Gasteiger partial charge in [0.1, 0.15) is 40.5 Å². The SMILES string of the molecule is Cc1nc2c(OC3CC3)cc(C(=O)NCC(O)(c3cc4c(c(-c5csc6c(F)cccc56)n3)OC[C@]4(C)C(N)=O)C(F)(F)F)cc2cc1Cl. The minimum atomic E-state index is -5.39. The number of thiophene rings is 1.